The Balaban J connectivity index is 2.27. The Hall–Kier alpha value is -1.07. The first-order chi connectivity index (χ1) is 8.54. The number of halogens is 3. The van der Waals surface area contributed by atoms with Gasteiger partial charge in [0.15, 0.2) is 17.9 Å². The number of hydrogen-bond acceptors (Lipinski definition) is 2. The summed E-state index contributed by atoms with van der Waals surface area (Å²) in [6.07, 6.45) is -0.303. The van der Waals surface area contributed by atoms with Gasteiger partial charge in [-0.25, -0.2) is 13.2 Å². The van der Waals surface area contributed by atoms with Crippen molar-refractivity contribution in [1.29, 1.82) is 0 Å². The maximum atomic E-state index is 13.7. The van der Waals surface area contributed by atoms with Crippen LogP contribution in [0.15, 0.2) is 6.07 Å². The molecule has 2 nitrogen and oxygen atoms in total. The van der Waals surface area contributed by atoms with Gasteiger partial charge >= 0.3 is 0 Å². The summed E-state index contributed by atoms with van der Waals surface area (Å²) in [5.74, 6) is -2.92. The molecule has 1 heterocycles. The molecule has 100 valence electrons. The molecule has 0 N–H and O–H groups in total. The predicted octanol–water partition coefficient (Wildman–Crippen LogP) is 3.48. The molecule has 0 bridgehead atoms. The third-order valence-corrected chi connectivity index (χ3v) is 3.16. The minimum atomic E-state index is -1.23. The van der Waals surface area contributed by atoms with Crippen molar-refractivity contribution in [2.75, 3.05) is 13.2 Å². The van der Waals surface area contributed by atoms with Gasteiger partial charge in [-0.1, -0.05) is 6.92 Å². The van der Waals surface area contributed by atoms with Gasteiger partial charge in [0.25, 0.3) is 0 Å². The number of benzene rings is 1. The number of aryl methyl sites for hydroxylation is 1. The lowest BCUT2D eigenvalue weighted by Gasteiger charge is -2.29. The monoisotopic (exact) mass is 260 g/mol. The van der Waals surface area contributed by atoms with Crippen LogP contribution in [0.3, 0.4) is 0 Å². The maximum Gasteiger partial charge on any atom is 0.189 e. The highest BCUT2D eigenvalue weighted by molar-refractivity contribution is 5.28. The number of hydrogen-bond donors (Lipinski definition) is 0. The molecule has 1 aromatic carbocycles. The van der Waals surface area contributed by atoms with Crippen molar-refractivity contribution in [2.45, 2.75) is 26.6 Å². The normalized spacial score (nSPS) is 24.3. The van der Waals surface area contributed by atoms with E-state index >= 15 is 0 Å². The Morgan fingerprint density at radius 2 is 1.78 bits per heavy atom. The third kappa shape index (κ3) is 2.37. The van der Waals surface area contributed by atoms with Crippen molar-refractivity contribution in [3.05, 3.63) is 34.6 Å². The van der Waals surface area contributed by atoms with Crippen LogP contribution in [0, 0.1) is 30.3 Å². The quantitative estimate of drug-likeness (QED) is 0.758. The van der Waals surface area contributed by atoms with Crippen molar-refractivity contribution in [1.82, 2.24) is 0 Å². The van der Waals surface area contributed by atoms with Crippen molar-refractivity contribution in [3.8, 4) is 0 Å². The molecule has 1 aromatic rings. The van der Waals surface area contributed by atoms with Gasteiger partial charge in [0.2, 0.25) is 0 Å². The first-order valence-electron chi connectivity index (χ1n) is 5.91. The molecule has 0 saturated carbocycles. The van der Waals surface area contributed by atoms with Crippen molar-refractivity contribution in [2.24, 2.45) is 5.92 Å². The third-order valence-electron chi connectivity index (χ3n) is 3.16. The van der Waals surface area contributed by atoms with Crippen LogP contribution in [0.25, 0.3) is 0 Å². The first-order valence-corrected chi connectivity index (χ1v) is 5.91. The summed E-state index contributed by atoms with van der Waals surface area (Å²) >= 11 is 0. The average molecular weight is 260 g/mol. The first kappa shape index (κ1) is 13.4. The molecule has 0 aliphatic carbocycles. The van der Waals surface area contributed by atoms with Crippen LogP contribution < -0.4 is 0 Å². The Labute approximate surface area is 104 Å². The Kier molecular flexibility index (Phi) is 3.92. The molecular weight excluding hydrogens is 245 g/mol. The highest BCUT2D eigenvalue weighted by atomic mass is 19.2. The van der Waals surface area contributed by atoms with Gasteiger partial charge in [0, 0.05) is 5.92 Å². The zero-order chi connectivity index (χ0) is 13.3. The molecule has 1 fully saturated rings. The van der Waals surface area contributed by atoms with Crippen LogP contribution in [0.4, 0.5) is 13.2 Å². The van der Waals surface area contributed by atoms with E-state index in [0.717, 1.165) is 12.5 Å². The van der Waals surface area contributed by atoms with Crippen LogP contribution in [0.2, 0.25) is 0 Å². The summed E-state index contributed by atoms with van der Waals surface area (Å²) < 4.78 is 51.3. The minimum absolute atomic E-state index is 0.0732. The van der Waals surface area contributed by atoms with E-state index in [2.05, 4.69) is 0 Å². The average Bonchev–Trinajstić information content (AvgIpc) is 2.37. The molecule has 2 rings (SSSR count). The molecule has 0 spiro atoms. The molecule has 0 unspecified atom stereocenters. The molecule has 0 atom stereocenters. The lowest BCUT2D eigenvalue weighted by Crippen LogP contribution is -2.28. The molecule has 1 aliphatic rings. The van der Waals surface area contributed by atoms with Crippen molar-refractivity contribution in [3.63, 3.8) is 0 Å². The number of ether oxygens (including phenoxy) is 2. The Morgan fingerprint density at radius 3 is 2.33 bits per heavy atom. The molecule has 0 amide bonds. The van der Waals surface area contributed by atoms with Gasteiger partial charge in [-0.3, -0.25) is 0 Å². The van der Waals surface area contributed by atoms with Gasteiger partial charge in [-0.2, -0.15) is 0 Å². The van der Waals surface area contributed by atoms with Gasteiger partial charge in [0.1, 0.15) is 5.82 Å². The summed E-state index contributed by atoms with van der Waals surface area (Å²) in [6, 6.07) is 0.951. The van der Waals surface area contributed by atoms with Gasteiger partial charge in [0.05, 0.1) is 18.8 Å². The summed E-state index contributed by atoms with van der Waals surface area (Å²) in [6.45, 7) is 4.00. The molecule has 0 aromatic heterocycles. The zero-order valence-electron chi connectivity index (χ0n) is 10.3. The van der Waals surface area contributed by atoms with E-state index in [1.807, 2.05) is 6.92 Å². The second-order valence-electron chi connectivity index (χ2n) is 4.49. The van der Waals surface area contributed by atoms with E-state index in [4.69, 9.17) is 9.47 Å². The fourth-order valence-electron chi connectivity index (χ4n) is 1.89. The smallest absolute Gasteiger partial charge is 0.189 e. The Morgan fingerprint density at radius 1 is 1.17 bits per heavy atom. The minimum Gasteiger partial charge on any atom is -0.348 e. The van der Waals surface area contributed by atoms with Crippen LogP contribution in [0.1, 0.15) is 30.8 Å². The van der Waals surface area contributed by atoms with Crippen molar-refractivity contribution < 1.29 is 22.6 Å². The second kappa shape index (κ2) is 5.28. The van der Waals surface area contributed by atoms with Crippen LogP contribution in [-0.2, 0) is 9.47 Å². The maximum absolute atomic E-state index is 13.7. The predicted molar refractivity (Wildman–Crippen MR) is 59.5 cm³/mol. The summed E-state index contributed by atoms with van der Waals surface area (Å²) in [7, 11) is 0. The van der Waals surface area contributed by atoms with Crippen molar-refractivity contribution >= 4 is 0 Å². The fraction of sp³-hybridized carbons (Fsp3) is 0.538. The molecule has 0 radical (unpaired) electrons. The van der Waals surface area contributed by atoms with E-state index in [9.17, 15) is 13.2 Å². The molecule has 18 heavy (non-hydrogen) atoms. The second-order valence-corrected chi connectivity index (χ2v) is 4.49. The highest BCUT2D eigenvalue weighted by Gasteiger charge is 2.29. The topological polar surface area (TPSA) is 18.5 Å². The zero-order valence-corrected chi connectivity index (χ0v) is 10.3. The van der Waals surface area contributed by atoms with Gasteiger partial charge < -0.3 is 9.47 Å². The Bertz CT molecular complexity index is 440. The molecule has 1 aliphatic heterocycles. The van der Waals surface area contributed by atoms with Crippen LogP contribution in [0.5, 0.6) is 0 Å². The standard InChI is InChI=1S/C13H15F3O2/c1-3-8-5-17-13(18-6-8)10-9(14)4-7(2)11(15)12(10)16/h4,8,13H,3,5-6H2,1-2H3. The lowest BCUT2D eigenvalue weighted by molar-refractivity contribution is -0.207. The van der Waals surface area contributed by atoms with Crippen LogP contribution in [-0.4, -0.2) is 13.2 Å². The van der Waals surface area contributed by atoms with Gasteiger partial charge in [-0.15, -0.1) is 0 Å². The van der Waals surface area contributed by atoms with Gasteiger partial charge in [-0.05, 0) is 25.0 Å². The number of rotatable bonds is 2. The van der Waals surface area contributed by atoms with E-state index in [1.165, 1.54) is 6.92 Å². The highest BCUT2D eigenvalue weighted by Crippen LogP contribution is 2.31. The molecular formula is C13H15F3O2. The van der Waals surface area contributed by atoms with Crippen LogP contribution >= 0.6 is 0 Å². The summed E-state index contributed by atoms with van der Waals surface area (Å²) in [4.78, 5) is 0. The van der Waals surface area contributed by atoms with E-state index < -0.39 is 29.3 Å². The summed E-state index contributed by atoms with van der Waals surface area (Å²) in [5, 5.41) is 0. The largest absolute Gasteiger partial charge is 0.348 e. The van der Waals surface area contributed by atoms with E-state index in [0.29, 0.717) is 13.2 Å². The lowest BCUT2D eigenvalue weighted by atomic mass is 10.1. The fourth-order valence-corrected chi connectivity index (χ4v) is 1.89. The molecule has 1 saturated heterocycles. The summed E-state index contributed by atoms with van der Waals surface area (Å²) in [5.41, 5.74) is -0.552. The SMILES string of the molecule is CCC1COC(c2c(F)cc(C)c(F)c2F)OC1. The molecule has 5 heteroatoms. The van der Waals surface area contributed by atoms with E-state index in [-0.39, 0.29) is 11.5 Å². The van der Waals surface area contributed by atoms with E-state index in [1.54, 1.807) is 0 Å².